The van der Waals surface area contributed by atoms with E-state index in [0.717, 1.165) is 0 Å². The lowest BCUT2D eigenvalue weighted by Gasteiger charge is -2.09. The van der Waals surface area contributed by atoms with Crippen LogP contribution in [0.15, 0.2) is 41.3 Å². The molecule has 0 amide bonds. The molecular weight excluding hydrogens is 317 g/mol. The lowest BCUT2D eigenvalue weighted by molar-refractivity contribution is 0.594. The summed E-state index contributed by atoms with van der Waals surface area (Å²) in [6.07, 6.45) is 0. The molecule has 0 aliphatic rings. The van der Waals surface area contributed by atoms with Gasteiger partial charge < -0.3 is 5.73 Å². The minimum Gasteiger partial charge on any atom is -0.399 e. The van der Waals surface area contributed by atoms with Gasteiger partial charge in [0.2, 0.25) is 0 Å². The molecule has 6 heteroatoms. The van der Waals surface area contributed by atoms with Crippen molar-refractivity contribution in [2.24, 2.45) is 0 Å². The highest BCUT2D eigenvalue weighted by molar-refractivity contribution is 7.90. The van der Waals surface area contributed by atoms with Crippen molar-refractivity contribution in [1.29, 1.82) is 0 Å². The molecule has 2 N–H and O–H groups in total. The molecule has 0 saturated carbocycles. The van der Waals surface area contributed by atoms with Crippen LogP contribution in [0, 0.1) is 6.92 Å². The summed E-state index contributed by atoms with van der Waals surface area (Å²) in [5, 5.41) is 0.733. The number of rotatable bonds is 3. The molecule has 2 rings (SSSR count). The van der Waals surface area contributed by atoms with Crippen LogP contribution in [0.1, 0.15) is 11.1 Å². The van der Waals surface area contributed by atoms with E-state index in [1.807, 2.05) is 0 Å². The van der Waals surface area contributed by atoms with E-state index < -0.39 is 9.84 Å². The second-order valence-corrected chi connectivity index (χ2v) is 7.30. The van der Waals surface area contributed by atoms with Gasteiger partial charge in [0.1, 0.15) is 0 Å². The number of hydrogen-bond donors (Lipinski definition) is 1. The van der Waals surface area contributed by atoms with Crippen LogP contribution in [0.4, 0.5) is 5.69 Å². The van der Waals surface area contributed by atoms with Crippen LogP contribution in [0.25, 0.3) is 0 Å². The molecule has 106 valence electrons. The van der Waals surface area contributed by atoms with Crippen molar-refractivity contribution in [3.63, 3.8) is 0 Å². The molecule has 20 heavy (non-hydrogen) atoms. The third-order valence-electron chi connectivity index (χ3n) is 2.89. The van der Waals surface area contributed by atoms with E-state index in [9.17, 15) is 8.42 Å². The van der Waals surface area contributed by atoms with E-state index in [2.05, 4.69) is 0 Å². The summed E-state index contributed by atoms with van der Waals surface area (Å²) in [5.41, 5.74) is 7.33. The first-order chi connectivity index (χ1) is 9.29. The Morgan fingerprint density at radius 1 is 1.05 bits per heavy atom. The molecule has 0 aromatic heterocycles. The van der Waals surface area contributed by atoms with Crippen molar-refractivity contribution in [2.75, 3.05) is 5.73 Å². The van der Waals surface area contributed by atoms with Gasteiger partial charge in [0.25, 0.3) is 0 Å². The third kappa shape index (κ3) is 3.26. The molecule has 0 aliphatic carbocycles. The van der Waals surface area contributed by atoms with Gasteiger partial charge in [-0.2, -0.15) is 0 Å². The zero-order chi connectivity index (χ0) is 14.9. The minimum absolute atomic E-state index is 0.145. The fourth-order valence-corrected chi connectivity index (χ4v) is 3.85. The lowest BCUT2D eigenvalue weighted by atomic mass is 10.2. The number of hydrogen-bond acceptors (Lipinski definition) is 3. The average Bonchev–Trinajstić information content (AvgIpc) is 2.36. The Morgan fingerprint density at radius 3 is 2.40 bits per heavy atom. The van der Waals surface area contributed by atoms with E-state index in [4.69, 9.17) is 28.9 Å². The molecular formula is C14H13Cl2NO2S. The third-order valence-corrected chi connectivity index (χ3v) is 5.45. The quantitative estimate of drug-likeness (QED) is 0.870. The average molecular weight is 330 g/mol. The molecule has 3 nitrogen and oxygen atoms in total. The zero-order valence-corrected chi connectivity index (χ0v) is 13.1. The number of anilines is 1. The monoisotopic (exact) mass is 329 g/mol. The van der Waals surface area contributed by atoms with Crippen molar-refractivity contribution < 1.29 is 8.42 Å². The summed E-state index contributed by atoms with van der Waals surface area (Å²) in [4.78, 5) is 0.239. The highest BCUT2D eigenvalue weighted by atomic mass is 35.5. The molecule has 2 aromatic carbocycles. The van der Waals surface area contributed by atoms with Crippen LogP contribution in [0.5, 0.6) is 0 Å². The Morgan fingerprint density at radius 2 is 1.75 bits per heavy atom. The molecule has 0 unspecified atom stereocenters. The predicted molar refractivity (Wildman–Crippen MR) is 82.9 cm³/mol. The van der Waals surface area contributed by atoms with Crippen molar-refractivity contribution >= 4 is 38.7 Å². The van der Waals surface area contributed by atoms with E-state index in [0.29, 0.717) is 26.9 Å². The molecule has 0 radical (unpaired) electrons. The maximum absolute atomic E-state index is 12.4. The standard InChI is InChI=1S/C14H13Cl2NO2S/c1-9-2-4-11(17)7-14(9)20(18,19)8-10-3-5-12(15)13(16)6-10/h2-7H,8,17H2,1H3. The molecule has 0 saturated heterocycles. The van der Waals surface area contributed by atoms with Crippen molar-refractivity contribution in [3.05, 3.63) is 57.6 Å². The van der Waals surface area contributed by atoms with Crippen molar-refractivity contribution in [3.8, 4) is 0 Å². The molecule has 0 fully saturated rings. The number of benzene rings is 2. The molecule has 0 atom stereocenters. The first-order valence-corrected chi connectivity index (χ1v) is 8.23. The highest BCUT2D eigenvalue weighted by Gasteiger charge is 2.18. The van der Waals surface area contributed by atoms with Crippen molar-refractivity contribution in [2.45, 2.75) is 17.6 Å². The van der Waals surface area contributed by atoms with Crippen LogP contribution in [-0.4, -0.2) is 8.42 Å². The van der Waals surface area contributed by atoms with E-state index in [1.54, 1.807) is 37.3 Å². The Kier molecular flexibility index (Phi) is 4.28. The second kappa shape index (κ2) is 5.64. The topological polar surface area (TPSA) is 60.2 Å². The summed E-state index contributed by atoms with van der Waals surface area (Å²) < 4.78 is 24.9. The van der Waals surface area contributed by atoms with Gasteiger partial charge in [-0.25, -0.2) is 8.42 Å². The fourth-order valence-electron chi connectivity index (χ4n) is 1.88. The van der Waals surface area contributed by atoms with Gasteiger partial charge in [0, 0.05) is 5.69 Å². The number of sulfone groups is 1. The number of halogens is 2. The number of aryl methyl sites for hydroxylation is 1. The van der Waals surface area contributed by atoms with Crippen LogP contribution >= 0.6 is 23.2 Å². The van der Waals surface area contributed by atoms with Crippen molar-refractivity contribution in [1.82, 2.24) is 0 Å². The van der Waals surface area contributed by atoms with Gasteiger partial charge in [-0.1, -0.05) is 35.3 Å². The highest BCUT2D eigenvalue weighted by Crippen LogP contribution is 2.26. The molecule has 2 aromatic rings. The molecule has 0 aliphatic heterocycles. The number of nitrogens with two attached hydrogens (primary N) is 1. The van der Waals surface area contributed by atoms with Crippen LogP contribution in [0.2, 0.25) is 10.0 Å². The first-order valence-electron chi connectivity index (χ1n) is 5.82. The summed E-state index contributed by atoms with van der Waals surface area (Å²) in [6, 6.07) is 9.63. The van der Waals surface area contributed by atoms with Gasteiger partial charge in [-0.15, -0.1) is 0 Å². The minimum atomic E-state index is -3.48. The molecule has 0 spiro atoms. The van der Waals surface area contributed by atoms with Crippen LogP contribution < -0.4 is 5.73 Å². The summed E-state index contributed by atoms with van der Waals surface area (Å²) in [5.74, 6) is -0.145. The Labute approximate surface area is 128 Å². The van der Waals surface area contributed by atoms with Gasteiger partial charge in [-0.05, 0) is 42.3 Å². The fraction of sp³-hybridized carbons (Fsp3) is 0.143. The Hall–Kier alpha value is -1.23. The Bertz CT molecular complexity index is 758. The van der Waals surface area contributed by atoms with E-state index in [-0.39, 0.29) is 10.6 Å². The lowest BCUT2D eigenvalue weighted by Crippen LogP contribution is -2.07. The molecule has 0 bridgehead atoms. The Balaban J connectivity index is 2.40. The predicted octanol–water partition coefficient (Wildman–Crippen LogP) is 3.86. The maximum atomic E-state index is 12.4. The normalized spacial score (nSPS) is 11.6. The summed E-state index contributed by atoms with van der Waals surface area (Å²) >= 11 is 11.7. The van der Waals surface area contributed by atoms with E-state index in [1.165, 1.54) is 6.07 Å². The maximum Gasteiger partial charge on any atom is 0.182 e. The van der Waals surface area contributed by atoms with Gasteiger partial charge in [-0.3, -0.25) is 0 Å². The van der Waals surface area contributed by atoms with Crippen LogP contribution in [-0.2, 0) is 15.6 Å². The summed E-state index contributed by atoms with van der Waals surface area (Å²) in [7, 11) is -3.48. The largest absolute Gasteiger partial charge is 0.399 e. The summed E-state index contributed by atoms with van der Waals surface area (Å²) in [6.45, 7) is 1.74. The number of nitrogen functional groups attached to an aromatic ring is 1. The van der Waals surface area contributed by atoms with Gasteiger partial charge in [0.15, 0.2) is 9.84 Å². The SMILES string of the molecule is Cc1ccc(N)cc1S(=O)(=O)Cc1ccc(Cl)c(Cl)c1. The van der Waals surface area contributed by atoms with Gasteiger partial charge >= 0.3 is 0 Å². The van der Waals surface area contributed by atoms with Crippen LogP contribution in [0.3, 0.4) is 0 Å². The first kappa shape index (κ1) is 15.2. The van der Waals surface area contributed by atoms with E-state index >= 15 is 0 Å². The van der Waals surface area contributed by atoms with Gasteiger partial charge in [0.05, 0.1) is 20.7 Å². The molecule has 0 heterocycles. The zero-order valence-electron chi connectivity index (χ0n) is 10.7. The second-order valence-electron chi connectivity index (χ2n) is 4.53. The smallest absolute Gasteiger partial charge is 0.182 e.